The molecule has 0 fully saturated rings. The van der Waals surface area contributed by atoms with Gasteiger partial charge in [0, 0.05) is 6.04 Å². The van der Waals surface area contributed by atoms with Crippen molar-refractivity contribution in [3.8, 4) is 0 Å². The Kier molecular flexibility index (Phi) is 5.78. The van der Waals surface area contributed by atoms with E-state index in [4.69, 9.17) is 4.74 Å². The molecule has 0 aliphatic rings. The molecule has 0 amide bonds. The highest BCUT2D eigenvalue weighted by Crippen LogP contribution is 2.17. The molecule has 0 aliphatic carbocycles. The van der Waals surface area contributed by atoms with Crippen molar-refractivity contribution in [2.24, 2.45) is 0 Å². The molecule has 100 valence electrons. The monoisotopic (exact) mass is 253 g/mol. The number of halogens is 1. The first-order valence-corrected chi connectivity index (χ1v) is 6.26. The van der Waals surface area contributed by atoms with E-state index in [1.165, 1.54) is 12.1 Å². The van der Waals surface area contributed by atoms with E-state index in [9.17, 15) is 9.18 Å². The first-order chi connectivity index (χ1) is 8.58. The second-order valence-corrected chi connectivity index (χ2v) is 4.22. The van der Waals surface area contributed by atoms with Crippen LogP contribution < -0.4 is 5.32 Å². The fraction of sp³-hybridized carbons (Fsp3) is 0.500. The van der Waals surface area contributed by atoms with Gasteiger partial charge in [-0.05, 0) is 38.0 Å². The van der Waals surface area contributed by atoms with Gasteiger partial charge in [-0.2, -0.15) is 0 Å². The lowest BCUT2D eigenvalue weighted by Gasteiger charge is -2.21. The molecule has 1 aromatic rings. The lowest BCUT2D eigenvalue weighted by atomic mass is 10.1. The fourth-order valence-electron chi connectivity index (χ4n) is 1.61. The highest BCUT2D eigenvalue weighted by molar-refractivity contribution is 5.77. The van der Waals surface area contributed by atoms with Crippen molar-refractivity contribution in [2.45, 2.75) is 39.3 Å². The lowest BCUT2D eigenvalue weighted by Crippen LogP contribution is -2.36. The third kappa shape index (κ3) is 4.11. The minimum atomic E-state index is -0.615. The molecular weight excluding hydrogens is 233 g/mol. The molecule has 18 heavy (non-hydrogen) atoms. The second kappa shape index (κ2) is 7.11. The smallest absolute Gasteiger partial charge is 0.327 e. The van der Waals surface area contributed by atoms with Crippen LogP contribution in [-0.4, -0.2) is 18.6 Å². The molecule has 0 saturated heterocycles. The Morgan fingerprint density at radius 2 is 2.17 bits per heavy atom. The van der Waals surface area contributed by atoms with E-state index in [1.807, 2.05) is 13.8 Å². The maximum atomic E-state index is 13.2. The average molecular weight is 253 g/mol. The Bertz CT molecular complexity index is 395. The number of benzene rings is 1. The lowest BCUT2D eigenvalue weighted by molar-refractivity contribution is -0.146. The molecule has 0 saturated carbocycles. The Hall–Kier alpha value is -1.42. The molecular formula is C14H20FNO2. The van der Waals surface area contributed by atoms with Crippen molar-refractivity contribution >= 4 is 5.97 Å². The fourth-order valence-corrected chi connectivity index (χ4v) is 1.61. The van der Waals surface area contributed by atoms with Gasteiger partial charge in [-0.1, -0.05) is 19.1 Å². The van der Waals surface area contributed by atoms with Crippen LogP contribution in [-0.2, 0) is 9.53 Å². The zero-order valence-electron chi connectivity index (χ0n) is 11.1. The molecule has 3 nitrogen and oxygen atoms in total. The summed E-state index contributed by atoms with van der Waals surface area (Å²) >= 11 is 0. The summed E-state index contributed by atoms with van der Waals surface area (Å²) in [7, 11) is 0. The van der Waals surface area contributed by atoms with Crippen LogP contribution in [0.3, 0.4) is 0 Å². The summed E-state index contributed by atoms with van der Waals surface area (Å²) in [6.07, 6.45) is 0.880. The quantitative estimate of drug-likeness (QED) is 0.792. The number of rotatable bonds is 6. The van der Waals surface area contributed by atoms with Gasteiger partial charge in [-0.15, -0.1) is 0 Å². The summed E-state index contributed by atoms with van der Waals surface area (Å²) in [6, 6.07) is 5.57. The van der Waals surface area contributed by atoms with E-state index in [0.717, 1.165) is 6.42 Å². The second-order valence-electron chi connectivity index (χ2n) is 4.22. The summed E-state index contributed by atoms with van der Waals surface area (Å²) in [5.41, 5.74) is 0.591. The van der Waals surface area contributed by atoms with Crippen LogP contribution in [0, 0.1) is 5.82 Å². The zero-order valence-corrected chi connectivity index (χ0v) is 11.1. The minimum absolute atomic E-state index is 0.155. The molecule has 0 aromatic heterocycles. The molecule has 4 heteroatoms. The van der Waals surface area contributed by atoms with E-state index in [0.29, 0.717) is 12.2 Å². The topological polar surface area (TPSA) is 38.3 Å². The van der Waals surface area contributed by atoms with E-state index in [2.05, 4.69) is 5.32 Å². The van der Waals surface area contributed by atoms with Gasteiger partial charge in [0.1, 0.15) is 11.9 Å². The number of hydrogen-bond donors (Lipinski definition) is 1. The predicted octanol–water partition coefficient (Wildman–Crippen LogP) is 2.82. The van der Waals surface area contributed by atoms with Gasteiger partial charge < -0.3 is 4.74 Å². The summed E-state index contributed by atoms with van der Waals surface area (Å²) in [6.45, 7) is 6.06. The summed E-state index contributed by atoms with van der Waals surface area (Å²) < 4.78 is 18.2. The standard InChI is InChI=1S/C14H20FNO2/c1-4-10(3)16-13(14(17)18-5-2)11-7-6-8-12(15)9-11/h6-10,13,16H,4-5H2,1-3H3. The molecule has 0 heterocycles. The van der Waals surface area contributed by atoms with Crippen LogP contribution in [0.25, 0.3) is 0 Å². The van der Waals surface area contributed by atoms with Crippen molar-refractivity contribution in [1.82, 2.24) is 5.32 Å². The molecule has 2 unspecified atom stereocenters. The summed E-state index contributed by atoms with van der Waals surface area (Å²) in [5, 5.41) is 3.15. The molecule has 1 rings (SSSR count). The van der Waals surface area contributed by atoms with E-state index < -0.39 is 6.04 Å². The van der Waals surface area contributed by atoms with Crippen LogP contribution in [0.15, 0.2) is 24.3 Å². The highest BCUT2D eigenvalue weighted by atomic mass is 19.1. The van der Waals surface area contributed by atoms with Gasteiger partial charge in [0.2, 0.25) is 0 Å². The molecule has 0 bridgehead atoms. The molecule has 1 N–H and O–H groups in total. The minimum Gasteiger partial charge on any atom is -0.465 e. The Morgan fingerprint density at radius 1 is 1.44 bits per heavy atom. The van der Waals surface area contributed by atoms with E-state index in [-0.39, 0.29) is 17.8 Å². The maximum absolute atomic E-state index is 13.2. The van der Waals surface area contributed by atoms with Crippen molar-refractivity contribution in [3.05, 3.63) is 35.6 Å². The van der Waals surface area contributed by atoms with E-state index in [1.54, 1.807) is 19.1 Å². The Labute approximate surface area is 107 Å². The SMILES string of the molecule is CCOC(=O)C(NC(C)CC)c1cccc(F)c1. The van der Waals surface area contributed by atoms with Crippen LogP contribution >= 0.6 is 0 Å². The first kappa shape index (κ1) is 14.6. The first-order valence-electron chi connectivity index (χ1n) is 6.26. The Morgan fingerprint density at radius 3 is 2.72 bits per heavy atom. The number of nitrogens with one attached hydrogen (secondary N) is 1. The van der Waals surface area contributed by atoms with Gasteiger partial charge >= 0.3 is 5.97 Å². The van der Waals surface area contributed by atoms with Gasteiger partial charge in [-0.25, -0.2) is 9.18 Å². The molecule has 0 spiro atoms. The van der Waals surface area contributed by atoms with Crippen LogP contribution in [0.1, 0.15) is 38.8 Å². The van der Waals surface area contributed by atoms with Crippen LogP contribution in [0.5, 0.6) is 0 Å². The number of esters is 1. The third-order valence-electron chi connectivity index (χ3n) is 2.77. The van der Waals surface area contributed by atoms with Gasteiger partial charge in [0.25, 0.3) is 0 Å². The molecule has 2 atom stereocenters. The number of carbonyl (C=O) groups is 1. The summed E-state index contributed by atoms with van der Waals surface area (Å²) in [4.78, 5) is 11.9. The molecule has 0 aliphatic heterocycles. The third-order valence-corrected chi connectivity index (χ3v) is 2.77. The Balaban J connectivity index is 2.92. The highest BCUT2D eigenvalue weighted by Gasteiger charge is 2.23. The number of ether oxygens (including phenoxy) is 1. The van der Waals surface area contributed by atoms with Crippen molar-refractivity contribution < 1.29 is 13.9 Å². The zero-order chi connectivity index (χ0) is 13.5. The average Bonchev–Trinajstić information content (AvgIpc) is 2.35. The van der Waals surface area contributed by atoms with Crippen LogP contribution in [0.4, 0.5) is 4.39 Å². The normalized spacial score (nSPS) is 14.0. The van der Waals surface area contributed by atoms with Crippen molar-refractivity contribution in [1.29, 1.82) is 0 Å². The number of carbonyl (C=O) groups excluding carboxylic acids is 1. The predicted molar refractivity (Wildman–Crippen MR) is 68.7 cm³/mol. The van der Waals surface area contributed by atoms with Gasteiger partial charge in [-0.3, -0.25) is 5.32 Å². The largest absolute Gasteiger partial charge is 0.465 e. The van der Waals surface area contributed by atoms with Gasteiger partial charge in [0.15, 0.2) is 0 Å². The number of hydrogen-bond acceptors (Lipinski definition) is 3. The van der Waals surface area contributed by atoms with Gasteiger partial charge in [0.05, 0.1) is 6.61 Å². The van der Waals surface area contributed by atoms with E-state index >= 15 is 0 Å². The van der Waals surface area contributed by atoms with Crippen molar-refractivity contribution in [2.75, 3.05) is 6.61 Å². The maximum Gasteiger partial charge on any atom is 0.327 e. The van der Waals surface area contributed by atoms with Crippen molar-refractivity contribution in [3.63, 3.8) is 0 Å². The molecule has 0 radical (unpaired) electrons. The van der Waals surface area contributed by atoms with Crippen LogP contribution in [0.2, 0.25) is 0 Å². The molecule has 1 aromatic carbocycles. The summed E-state index contributed by atoms with van der Waals surface area (Å²) in [5.74, 6) is -0.726.